The number of aromatic hydroxyl groups is 2. The molecular weight excluding hydrogens is 464 g/mol. The summed E-state index contributed by atoms with van der Waals surface area (Å²) in [5.74, 6) is 0.448. The van der Waals surface area contributed by atoms with E-state index in [1.807, 2.05) is 109 Å². The fourth-order valence-corrected chi connectivity index (χ4v) is 5.03. The number of hydrogen-bond donors (Lipinski definition) is 2. The Balaban J connectivity index is 1.70. The fraction of sp³-hybridized carbons (Fsp3) is 0. The van der Waals surface area contributed by atoms with E-state index in [1.54, 1.807) is 0 Å². The van der Waals surface area contributed by atoms with Gasteiger partial charge < -0.3 is 10.2 Å². The van der Waals surface area contributed by atoms with Gasteiger partial charge in [-0.1, -0.05) is 121 Å². The summed E-state index contributed by atoms with van der Waals surface area (Å²) in [6.45, 7) is 0. The molecule has 6 aromatic rings. The maximum absolute atomic E-state index is 11.2. The molecule has 0 saturated carbocycles. The Kier molecular flexibility index (Phi) is 6.21. The lowest BCUT2D eigenvalue weighted by Gasteiger charge is -2.20. The van der Waals surface area contributed by atoms with Gasteiger partial charge in [-0.25, -0.2) is 0 Å². The van der Waals surface area contributed by atoms with Gasteiger partial charge in [-0.15, -0.1) is 0 Å². The predicted molar refractivity (Wildman–Crippen MR) is 157 cm³/mol. The Morgan fingerprint density at radius 2 is 0.526 bits per heavy atom. The van der Waals surface area contributed by atoms with Crippen molar-refractivity contribution in [3.63, 3.8) is 0 Å². The number of hydrogen-bond acceptors (Lipinski definition) is 2. The highest BCUT2D eigenvalue weighted by molar-refractivity contribution is 5.97. The molecule has 0 amide bonds. The first-order valence-electron chi connectivity index (χ1n) is 12.6. The van der Waals surface area contributed by atoms with Crippen LogP contribution in [0, 0.1) is 0 Å². The van der Waals surface area contributed by atoms with Gasteiger partial charge in [-0.3, -0.25) is 0 Å². The third kappa shape index (κ3) is 4.44. The molecule has 0 aromatic heterocycles. The molecule has 0 aliphatic rings. The van der Waals surface area contributed by atoms with Crippen LogP contribution in [0.2, 0.25) is 0 Å². The lowest BCUT2D eigenvalue weighted by Crippen LogP contribution is -1.93. The van der Waals surface area contributed by atoms with Crippen LogP contribution < -0.4 is 0 Å². The standard InChI is InChI=1S/C36H26O2/c37-35-23-29(25-13-5-1-6-14-25)33(21-31(35)27-17-9-3-10-18-27)34-22-32(28-19-11-4-12-20-28)36(38)24-30(34)26-15-7-2-8-16-26/h1-24,37-38H. The Bertz CT molecular complexity index is 1560. The lowest BCUT2D eigenvalue weighted by molar-refractivity contribution is 0.477. The molecule has 2 N–H and O–H groups in total. The fourth-order valence-electron chi connectivity index (χ4n) is 5.03. The third-order valence-corrected chi connectivity index (χ3v) is 6.90. The largest absolute Gasteiger partial charge is 0.507 e. The van der Waals surface area contributed by atoms with Crippen molar-refractivity contribution in [2.45, 2.75) is 0 Å². The number of benzene rings is 6. The molecule has 0 unspecified atom stereocenters. The minimum absolute atomic E-state index is 0.224. The Morgan fingerprint density at radius 3 is 0.816 bits per heavy atom. The number of rotatable bonds is 5. The van der Waals surface area contributed by atoms with Gasteiger partial charge >= 0.3 is 0 Å². The lowest BCUT2D eigenvalue weighted by atomic mass is 9.85. The van der Waals surface area contributed by atoms with Crippen molar-refractivity contribution in [2.75, 3.05) is 0 Å². The molecule has 2 nitrogen and oxygen atoms in total. The number of phenols is 2. The normalized spacial score (nSPS) is 10.8. The van der Waals surface area contributed by atoms with Crippen molar-refractivity contribution in [2.24, 2.45) is 0 Å². The molecule has 0 radical (unpaired) electrons. The first-order chi connectivity index (χ1) is 18.7. The first-order valence-corrected chi connectivity index (χ1v) is 12.6. The van der Waals surface area contributed by atoms with Crippen molar-refractivity contribution >= 4 is 0 Å². The van der Waals surface area contributed by atoms with Crippen molar-refractivity contribution in [1.29, 1.82) is 0 Å². The van der Waals surface area contributed by atoms with Gasteiger partial charge in [0.25, 0.3) is 0 Å². The summed E-state index contributed by atoms with van der Waals surface area (Å²) in [6.07, 6.45) is 0. The molecule has 0 saturated heterocycles. The molecular formula is C36H26O2. The molecule has 182 valence electrons. The second kappa shape index (κ2) is 10.1. The van der Waals surface area contributed by atoms with Crippen molar-refractivity contribution in [1.82, 2.24) is 0 Å². The maximum atomic E-state index is 11.2. The van der Waals surface area contributed by atoms with Crippen LogP contribution in [0.5, 0.6) is 11.5 Å². The van der Waals surface area contributed by atoms with Crippen LogP contribution >= 0.6 is 0 Å². The molecule has 0 spiro atoms. The van der Waals surface area contributed by atoms with Crippen molar-refractivity contribution < 1.29 is 10.2 Å². The highest BCUT2D eigenvalue weighted by Gasteiger charge is 2.20. The van der Waals surface area contributed by atoms with E-state index in [4.69, 9.17) is 0 Å². The molecule has 0 bridgehead atoms. The van der Waals surface area contributed by atoms with Gasteiger partial charge in [0.15, 0.2) is 0 Å². The van der Waals surface area contributed by atoms with Gasteiger partial charge in [0.1, 0.15) is 11.5 Å². The van der Waals surface area contributed by atoms with E-state index in [0.717, 1.165) is 55.6 Å². The van der Waals surface area contributed by atoms with Gasteiger partial charge in [0.2, 0.25) is 0 Å². The van der Waals surface area contributed by atoms with E-state index in [0.29, 0.717) is 0 Å². The van der Waals surface area contributed by atoms with Crippen LogP contribution in [0.25, 0.3) is 55.6 Å². The highest BCUT2D eigenvalue weighted by Crippen LogP contribution is 2.47. The smallest absolute Gasteiger partial charge is 0.124 e. The summed E-state index contributed by atoms with van der Waals surface area (Å²) < 4.78 is 0. The second-order valence-corrected chi connectivity index (χ2v) is 9.29. The zero-order valence-electron chi connectivity index (χ0n) is 20.8. The SMILES string of the molecule is Oc1cc(-c2ccccc2)c(-c2cc(-c3ccccc3)c(O)cc2-c2ccccc2)cc1-c1ccccc1. The Morgan fingerprint density at radius 1 is 0.263 bits per heavy atom. The first kappa shape index (κ1) is 23.3. The van der Waals surface area contributed by atoms with E-state index in [9.17, 15) is 10.2 Å². The van der Waals surface area contributed by atoms with Crippen LogP contribution in [-0.4, -0.2) is 10.2 Å². The molecule has 38 heavy (non-hydrogen) atoms. The van der Waals surface area contributed by atoms with Crippen molar-refractivity contribution in [3.05, 3.63) is 146 Å². The average Bonchev–Trinajstić information content (AvgIpc) is 2.99. The number of phenolic OH excluding ortho intramolecular Hbond substituents is 2. The summed E-state index contributed by atoms with van der Waals surface area (Å²) in [5, 5.41) is 22.4. The van der Waals surface area contributed by atoms with Crippen LogP contribution in [0.4, 0.5) is 0 Å². The molecule has 6 aromatic carbocycles. The summed E-state index contributed by atoms with van der Waals surface area (Å²) in [7, 11) is 0. The van der Waals surface area contributed by atoms with E-state index >= 15 is 0 Å². The van der Waals surface area contributed by atoms with Crippen LogP contribution in [0.15, 0.2) is 146 Å². The zero-order chi connectivity index (χ0) is 25.9. The van der Waals surface area contributed by atoms with E-state index in [-0.39, 0.29) is 11.5 Å². The van der Waals surface area contributed by atoms with Crippen LogP contribution in [0.3, 0.4) is 0 Å². The minimum atomic E-state index is 0.224. The molecule has 0 aliphatic carbocycles. The summed E-state index contributed by atoms with van der Waals surface area (Å²) in [4.78, 5) is 0. The summed E-state index contributed by atoms with van der Waals surface area (Å²) >= 11 is 0. The van der Waals surface area contributed by atoms with Crippen molar-refractivity contribution in [3.8, 4) is 67.1 Å². The van der Waals surface area contributed by atoms with Crippen LogP contribution in [0.1, 0.15) is 0 Å². The Hall–Kier alpha value is -5.08. The molecule has 0 aliphatic heterocycles. The third-order valence-electron chi connectivity index (χ3n) is 6.90. The quantitative estimate of drug-likeness (QED) is 0.253. The summed E-state index contributed by atoms with van der Waals surface area (Å²) in [5.41, 5.74) is 9.20. The van der Waals surface area contributed by atoms with E-state index in [1.165, 1.54) is 0 Å². The van der Waals surface area contributed by atoms with Crippen LogP contribution in [-0.2, 0) is 0 Å². The predicted octanol–water partition coefficient (Wildman–Crippen LogP) is 9.43. The topological polar surface area (TPSA) is 40.5 Å². The highest BCUT2D eigenvalue weighted by atomic mass is 16.3. The molecule has 2 heteroatoms. The van der Waals surface area contributed by atoms with E-state index in [2.05, 4.69) is 36.4 Å². The molecule has 0 fully saturated rings. The van der Waals surface area contributed by atoms with Gasteiger partial charge in [-0.2, -0.15) is 0 Å². The average molecular weight is 491 g/mol. The Labute approximate surface area is 222 Å². The van der Waals surface area contributed by atoms with Gasteiger partial charge in [0, 0.05) is 11.1 Å². The van der Waals surface area contributed by atoms with E-state index < -0.39 is 0 Å². The monoisotopic (exact) mass is 490 g/mol. The summed E-state index contributed by atoms with van der Waals surface area (Å²) in [6, 6.07) is 48.0. The molecule has 0 heterocycles. The van der Waals surface area contributed by atoms with Gasteiger partial charge in [0.05, 0.1) is 0 Å². The second-order valence-electron chi connectivity index (χ2n) is 9.29. The molecule has 6 rings (SSSR count). The minimum Gasteiger partial charge on any atom is -0.507 e. The zero-order valence-corrected chi connectivity index (χ0v) is 20.8. The maximum Gasteiger partial charge on any atom is 0.124 e. The molecule has 0 atom stereocenters. The van der Waals surface area contributed by atoms with Gasteiger partial charge in [-0.05, 0) is 68.8 Å².